The van der Waals surface area contributed by atoms with E-state index < -0.39 is 9.85 Å². The monoisotopic (exact) mass is 374 g/mol. The second-order valence-corrected chi connectivity index (χ2v) is 5.64. The van der Waals surface area contributed by atoms with E-state index in [4.69, 9.17) is 0 Å². The van der Waals surface area contributed by atoms with Gasteiger partial charge in [0.25, 0.3) is 11.4 Å². The molecular formula is C20H14N4O4. The summed E-state index contributed by atoms with van der Waals surface area (Å²) in [5.74, 6) is 0. The number of aliphatic imine (C=N–C) groups is 2. The van der Waals surface area contributed by atoms with E-state index >= 15 is 0 Å². The average molecular weight is 374 g/mol. The van der Waals surface area contributed by atoms with Crippen molar-refractivity contribution in [3.05, 3.63) is 104 Å². The first-order chi connectivity index (χ1) is 13.6. The Morgan fingerprint density at radius 3 is 1.36 bits per heavy atom. The highest BCUT2D eigenvalue weighted by molar-refractivity contribution is 5.96. The maximum atomic E-state index is 11.1. The molecule has 28 heavy (non-hydrogen) atoms. The quantitative estimate of drug-likeness (QED) is 0.343. The molecule has 3 rings (SSSR count). The van der Waals surface area contributed by atoms with Crippen LogP contribution in [-0.2, 0) is 0 Å². The molecular weight excluding hydrogens is 360 g/mol. The Labute approximate surface area is 159 Å². The zero-order valence-electron chi connectivity index (χ0n) is 14.5. The number of rotatable bonds is 6. The maximum absolute atomic E-state index is 11.1. The van der Waals surface area contributed by atoms with Crippen LogP contribution in [0, 0.1) is 20.2 Å². The molecule has 3 aromatic carbocycles. The summed E-state index contributed by atoms with van der Waals surface area (Å²) in [4.78, 5) is 29.7. The van der Waals surface area contributed by atoms with Gasteiger partial charge in [0.2, 0.25) is 0 Å². The molecule has 0 amide bonds. The van der Waals surface area contributed by atoms with Crippen molar-refractivity contribution >= 4 is 35.2 Å². The number of nitro benzene ring substituents is 2. The van der Waals surface area contributed by atoms with Crippen molar-refractivity contribution in [3.63, 3.8) is 0 Å². The van der Waals surface area contributed by atoms with Crippen molar-refractivity contribution < 1.29 is 9.85 Å². The summed E-state index contributed by atoms with van der Waals surface area (Å²) in [6.07, 6.45) is 3.01. The number of para-hydroxylation sites is 4. The van der Waals surface area contributed by atoms with Crippen molar-refractivity contribution in [1.82, 2.24) is 0 Å². The number of nitro groups is 2. The molecule has 0 saturated heterocycles. The van der Waals surface area contributed by atoms with E-state index in [1.54, 1.807) is 60.7 Å². The van der Waals surface area contributed by atoms with Gasteiger partial charge < -0.3 is 0 Å². The van der Waals surface area contributed by atoms with Gasteiger partial charge in [0.05, 0.1) is 9.85 Å². The Balaban J connectivity index is 1.93. The van der Waals surface area contributed by atoms with Gasteiger partial charge in [0.1, 0.15) is 11.4 Å². The van der Waals surface area contributed by atoms with Crippen LogP contribution in [0.4, 0.5) is 22.7 Å². The Kier molecular flexibility index (Phi) is 5.61. The minimum atomic E-state index is -0.491. The maximum Gasteiger partial charge on any atom is 0.294 e. The number of benzene rings is 3. The molecule has 0 spiro atoms. The standard InChI is InChI=1S/C20H14N4O4/c25-23(26)19-11-5-3-9-17(19)21-13-15-7-1-2-8-16(15)14-22-18-10-4-6-12-20(18)24(27)28/h1-14H. The molecule has 8 heteroatoms. The van der Waals surface area contributed by atoms with E-state index in [1.165, 1.54) is 24.6 Å². The van der Waals surface area contributed by atoms with Crippen LogP contribution in [0.25, 0.3) is 0 Å². The minimum Gasteiger partial charge on any atom is -0.258 e. The van der Waals surface area contributed by atoms with Crippen molar-refractivity contribution in [1.29, 1.82) is 0 Å². The summed E-state index contributed by atoms with van der Waals surface area (Å²) in [7, 11) is 0. The molecule has 0 aliphatic carbocycles. The lowest BCUT2D eigenvalue weighted by Crippen LogP contribution is -1.93. The summed E-state index contributed by atoms with van der Waals surface area (Å²) < 4.78 is 0. The van der Waals surface area contributed by atoms with E-state index in [2.05, 4.69) is 9.98 Å². The van der Waals surface area contributed by atoms with E-state index in [-0.39, 0.29) is 22.7 Å². The zero-order chi connectivity index (χ0) is 19.9. The van der Waals surface area contributed by atoms with Gasteiger partial charge in [0.15, 0.2) is 0 Å². The molecule has 0 radical (unpaired) electrons. The fourth-order valence-electron chi connectivity index (χ4n) is 2.48. The lowest BCUT2D eigenvalue weighted by atomic mass is 10.1. The fraction of sp³-hybridized carbons (Fsp3) is 0. The van der Waals surface area contributed by atoms with Crippen molar-refractivity contribution in [3.8, 4) is 0 Å². The van der Waals surface area contributed by atoms with Gasteiger partial charge in [-0.25, -0.2) is 9.98 Å². The van der Waals surface area contributed by atoms with Gasteiger partial charge >= 0.3 is 0 Å². The average Bonchev–Trinajstić information content (AvgIpc) is 2.71. The lowest BCUT2D eigenvalue weighted by Gasteiger charge is -2.01. The predicted octanol–water partition coefficient (Wildman–Crippen LogP) is 5.00. The van der Waals surface area contributed by atoms with Crippen LogP contribution in [-0.4, -0.2) is 22.3 Å². The molecule has 0 heterocycles. The van der Waals surface area contributed by atoms with Gasteiger partial charge in [-0.3, -0.25) is 20.2 Å². The van der Waals surface area contributed by atoms with Crippen LogP contribution < -0.4 is 0 Å². The van der Waals surface area contributed by atoms with Crippen LogP contribution in [0.1, 0.15) is 11.1 Å². The van der Waals surface area contributed by atoms with Crippen LogP contribution in [0.15, 0.2) is 82.8 Å². The Bertz CT molecular complexity index is 1010. The first-order valence-electron chi connectivity index (χ1n) is 8.20. The highest BCUT2D eigenvalue weighted by Gasteiger charge is 2.12. The molecule has 0 unspecified atom stereocenters. The van der Waals surface area contributed by atoms with E-state index in [1.807, 2.05) is 0 Å². The van der Waals surface area contributed by atoms with E-state index in [0.29, 0.717) is 11.1 Å². The SMILES string of the molecule is O=[N+]([O-])c1ccccc1N=Cc1ccccc1C=Nc1ccccc1[N+](=O)[O-]. The van der Waals surface area contributed by atoms with Gasteiger partial charge in [-0.2, -0.15) is 0 Å². The molecule has 8 nitrogen and oxygen atoms in total. The normalized spacial score (nSPS) is 11.1. The van der Waals surface area contributed by atoms with Gasteiger partial charge in [-0.05, 0) is 12.1 Å². The van der Waals surface area contributed by atoms with Crippen LogP contribution in [0.5, 0.6) is 0 Å². The molecule has 0 aliphatic rings. The molecule has 0 atom stereocenters. The fourth-order valence-corrected chi connectivity index (χ4v) is 2.48. The Hall–Kier alpha value is -4.20. The van der Waals surface area contributed by atoms with Gasteiger partial charge in [-0.1, -0.05) is 48.5 Å². The van der Waals surface area contributed by atoms with Crippen molar-refractivity contribution in [2.24, 2.45) is 9.98 Å². The molecule has 138 valence electrons. The molecule has 3 aromatic rings. The molecule has 0 fully saturated rings. The Morgan fingerprint density at radius 2 is 0.964 bits per heavy atom. The highest BCUT2D eigenvalue weighted by atomic mass is 16.6. The number of hydrogen-bond donors (Lipinski definition) is 0. The van der Waals surface area contributed by atoms with Crippen LogP contribution in [0.3, 0.4) is 0 Å². The number of nitrogens with zero attached hydrogens (tertiary/aromatic N) is 4. The molecule has 0 N–H and O–H groups in total. The lowest BCUT2D eigenvalue weighted by molar-refractivity contribution is -0.384. The van der Waals surface area contributed by atoms with Crippen molar-refractivity contribution in [2.45, 2.75) is 0 Å². The molecule has 0 aliphatic heterocycles. The zero-order valence-corrected chi connectivity index (χ0v) is 14.5. The third kappa shape index (κ3) is 4.31. The Morgan fingerprint density at radius 1 is 0.607 bits per heavy atom. The summed E-state index contributed by atoms with van der Waals surface area (Å²) in [6, 6.07) is 19.5. The predicted molar refractivity (Wildman–Crippen MR) is 107 cm³/mol. The number of hydrogen-bond acceptors (Lipinski definition) is 6. The first kappa shape index (κ1) is 18.6. The highest BCUT2D eigenvalue weighted by Crippen LogP contribution is 2.27. The largest absolute Gasteiger partial charge is 0.294 e. The van der Waals surface area contributed by atoms with E-state index in [0.717, 1.165) is 0 Å². The topological polar surface area (TPSA) is 111 Å². The summed E-state index contributed by atoms with van der Waals surface area (Å²) in [6.45, 7) is 0. The third-order valence-electron chi connectivity index (χ3n) is 3.84. The first-order valence-corrected chi connectivity index (χ1v) is 8.20. The molecule has 0 bridgehead atoms. The molecule has 0 saturated carbocycles. The van der Waals surface area contributed by atoms with E-state index in [9.17, 15) is 20.2 Å². The second kappa shape index (κ2) is 8.45. The van der Waals surface area contributed by atoms with Crippen LogP contribution >= 0.6 is 0 Å². The minimum absolute atomic E-state index is 0.0928. The van der Waals surface area contributed by atoms with Crippen molar-refractivity contribution in [2.75, 3.05) is 0 Å². The smallest absolute Gasteiger partial charge is 0.258 e. The second-order valence-electron chi connectivity index (χ2n) is 5.64. The van der Waals surface area contributed by atoms with Crippen LogP contribution in [0.2, 0.25) is 0 Å². The summed E-state index contributed by atoms with van der Waals surface area (Å²) >= 11 is 0. The molecule has 0 aromatic heterocycles. The van der Waals surface area contributed by atoms with Gasteiger partial charge in [0, 0.05) is 35.7 Å². The van der Waals surface area contributed by atoms with Gasteiger partial charge in [-0.15, -0.1) is 0 Å². The summed E-state index contributed by atoms with van der Waals surface area (Å²) in [5, 5.41) is 22.2. The third-order valence-corrected chi connectivity index (χ3v) is 3.84. The summed E-state index contributed by atoms with van der Waals surface area (Å²) in [5.41, 5.74) is 1.62.